The summed E-state index contributed by atoms with van der Waals surface area (Å²) in [5.41, 5.74) is 8.81. The standard InChI is InChI=1S/C21H13N3O2.C14H8IN3/c22-11-14-8-17(15-6-7-19-20(10-15)26-13-25-19)21-18(9-14)23-12-24(21)16-4-2-1-3-5-16;15-12-6-10(8-16)7-13-14(12)18(9-17-13)11-4-2-1-3-5-11/h1-10,12H,13H2;1-7,9H. The van der Waals surface area contributed by atoms with E-state index in [4.69, 9.17) is 14.7 Å². The molecule has 44 heavy (non-hydrogen) atoms. The Kier molecular flexibility index (Phi) is 7.14. The van der Waals surface area contributed by atoms with Gasteiger partial charge in [-0.25, -0.2) is 9.97 Å². The third kappa shape index (κ3) is 5.00. The Balaban J connectivity index is 0.000000152. The van der Waals surface area contributed by atoms with Crippen molar-refractivity contribution in [3.05, 3.63) is 130 Å². The molecule has 0 spiro atoms. The van der Waals surface area contributed by atoms with E-state index in [1.807, 2.05) is 112 Å². The second kappa shape index (κ2) is 11.6. The summed E-state index contributed by atoms with van der Waals surface area (Å²) >= 11 is 2.24. The quantitative estimate of drug-likeness (QED) is 0.176. The molecule has 0 amide bonds. The number of imidazole rings is 2. The molecule has 8 rings (SSSR count). The Morgan fingerprint density at radius 2 is 1.20 bits per heavy atom. The summed E-state index contributed by atoms with van der Waals surface area (Å²) in [6, 6.07) is 37.7. The molecule has 0 saturated carbocycles. The van der Waals surface area contributed by atoms with Crippen molar-refractivity contribution in [1.29, 1.82) is 10.5 Å². The van der Waals surface area contributed by atoms with E-state index in [9.17, 15) is 5.26 Å². The van der Waals surface area contributed by atoms with Gasteiger partial charge < -0.3 is 9.47 Å². The van der Waals surface area contributed by atoms with Gasteiger partial charge in [-0.2, -0.15) is 10.5 Å². The molecule has 7 aromatic rings. The van der Waals surface area contributed by atoms with Crippen LogP contribution in [0.25, 0.3) is 44.6 Å². The zero-order valence-corrected chi connectivity index (χ0v) is 25.2. The number of aromatic nitrogens is 4. The van der Waals surface area contributed by atoms with E-state index >= 15 is 0 Å². The molecule has 0 bridgehead atoms. The van der Waals surface area contributed by atoms with Crippen LogP contribution in [0.1, 0.15) is 11.1 Å². The monoisotopic (exact) mass is 684 g/mol. The Morgan fingerprint density at radius 1 is 0.636 bits per heavy atom. The van der Waals surface area contributed by atoms with E-state index in [0.717, 1.165) is 53.9 Å². The predicted molar refractivity (Wildman–Crippen MR) is 176 cm³/mol. The second-order valence-electron chi connectivity index (χ2n) is 9.91. The van der Waals surface area contributed by atoms with Gasteiger partial charge in [-0.05, 0) is 88.8 Å². The third-order valence-electron chi connectivity index (χ3n) is 7.25. The van der Waals surface area contributed by atoms with E-state index in [0.29, 0.717) is 16.9 Å². The third-order valence-corrected chi connectivity index (χ3v) is 8.07. The average molecular weight is 684 g/mol. The van der Waals surface area contributed by atoms with Crippen molar-refractivity contribution in [1.82, 2.24) is 19.1 Å². The van der Waals surface area contributed by atoms with Gasteiger partial charge in [-0.3, -0.25) is 9.13 Å². The number of hydrogen-bond acceptors (Lipinski definition) is 6. The number of rotatable bonds is 3. The largest absolute Gasteiger partial charge is 0.454 e. The van der Waals surface area contributed by atoms with Gasteiger partial charge in [-0.1, -0.05) is 42.5 Å². The van der Waals surface area contributed by atoms with Gasteiger partial charge in [0, 0.05) is 20.5 Å². The van der Waals surface area contributed by atoms with E-state index in [1.165, 1.54) is 0 Å². The van der Waals surface area contributed by atoms with Crippen molar-refractivity contribution in [2.24, 2.45) is 0 Å². The minimum atomic E-state index is 0.231. The van der Waals surface area contributed by atoms with Crippen LogP contribution < -0.4 is 9.47 Å². The average Bonchev–Trinajstić information content (AvgIpc) is 3.83. The van der Waals surface area contributed by atoms with Gasteiger partial charge in [0.25, 0.3) is 0 Å². The Bertz CT molecular complexity index is 2250. The molecule has 0 atom stereocenters. The second-order valence-corrected chi connectivity index (χ2v) is 11.1. The fourth-order valence-electron chi connectivity index (χ4n) is 5.23. The van der Waals surface area contributed by atoms with Crippen molar-refractivity contribution < 1.29 is 9.47 Å². The fraction of sp³-hybridized carbons (Fsp3) is 0.0286. The van der Waals surface area contributed by atoms with Crippen molar-refractivity contribution in [3.63, 3.8) is 0 Å². The van der Waals surface area contributed by atoms with Crippen LogP contribution in [-0.2, 0) is 0 Å². The number of benzene rings is 5. The number of nitriles is 2. The van der Waals surface area contributed by atoms with Gasteiger partial charge in [0.15, 0.2) is 11.5 Å². The van der Waals surface area contributed by atoms with Crippen molar-refractivity contribution in [2.75, 3.05) is 6.79 Å². The molecular weight excluding hydrogens is 663 g/mol. The molecule has 9 heteroatoms. The lowest BCUT2D eigenvalue weighted by molar-refractivity contribution is 0.174. The first-order valence-electron chi connectivity index (χ1n) is 13.6. The smallest absolute Gasteiger partial charge is 0.231 e. The van der Waals surface area contributed by atoms with Gasteiger partial charge in [0.2, 0.25) is 6.79 Å². The summed E-state index contributed by atoms with van der Waals surface area (Å²) in [7, 11) is 0. The molecule has 210 valence electrons. The van der Waals surface area contributed by atoms with Crippen LogP contribution in [0.4, 0.5) is 0 Å². The zero-order valence-electron chi connectivity index (χ0n) is 23.1. The summed E-state index contributed by atoms with van der Waals surface area (Å²) in [4.78, 5) is 8.89. The van der Waals surface area contributed by atoms with Crippen LogP contribution in [0.15, 0.2) is 116 Å². The van der Waals surface area contributed by atoms with Crippen molar-refractivity contribution in [2.45, 2.75) is 0 Å². The summed E-state index contributed by atoms with van der Waals surface area (Å²) in [5.74, 6) is 1.45. The first-order chi connectivity index (χ1) is 21.6. The minimum absolute atomic E-state index is 0.231. The maximum atomic E-state index is 9.42. The lowest BCUT2D eigenvalue weighted by Crippen LogP contribution is -1.94. The van der Waals surface area contributed by atoms with Gasteiger partial charge in [0.05, 0.1) is 45.3 Å². The number of halogens is 1. The van der Waals surface area contributed by atoms with Crippen LogP contribution in [0, 0.1) is 26.2 Å². The maximum absolute atomic E-state index is 9.42. The maximum Gasteiger partial charge on any atom is 0.231 e. The summed E-state index contributed by atoms with van der Waals surface area (Å²) in [5, 5.41) is 18.4. The zero-order chi connectivity index (χ0) is 30.0. The van der Waals surface area contributed by atoms with Gasteiger partial charge in [0.1, 0.15) is 12.7 Å². The molecule has 3 heterocycles. The summed E-state index contributed by atoms with van der Waals surface area (Å²) < 4.78 is 16.0. The first-order valence-corrected chi connectivity index (χ1v) is 14.7. The van der Waals surface area contributed by atoms with E-state index in [1.54, 1.807) is 12.7 Å². The molecule has 0 radical (unpaired) electrons. The van der Waals surface area contributed by atoms with Crippen LogP contribution >= 0.6 is 22.6 Å². The van der Waals surface area contributed by atoms with Crippen molar-refractivity contribution >= 4 is 44.7 Å². The molecule has 1 aliphatic heterocycles. The van der Waals surface area contributed by atoms with Crippen molar-refractivity contribution in [3.8, 4) is 46.1 Å². The lowest BCUT2D eigenvalue weighted by atomic mass is 10.0. The number of ether oxygens (including phenoxy) is 2. The molecule has 5 aromatic carbocycles. The SMILES string of the molecule is N#Cc1cc(-c2ccc3c(c2)OCO3)c2c(c1)ncn2-c1ccccc1.N#Cc1cc(I)c2c(c1)ncn2-c1ccccc1. The Hall–Kier alpha value is -5.65. The van der Waals surface area contributed by atoms with Crippen LogP contribution in [0.3, 0.4) is 0 Å². The molecule has 0 unspecified atom stereocenters. The van der Waals surface area contributed by atoms with Gasteiger partial charge in [-0.15, -0.1) is 0 Å². The molecule has 8 nitrogen and oxygen atoms in total. The van der Waals surface area contributed by atoms with E-state index in [-0.39, 0.29) is 6.79 Å². The van der Waals surface area contributed by atoms with Crippen LogP contribution in [0.5, 0.6) is 11.5 Å². The molecule has 1 aliphatic rings. The molecule has 0 fully saturated rings. The molecule has 0 aliphatic carbocycles. The highest BCUT2D eigenvalue weighted by Gasteiger charge is 2.18. The number of fused-ring (bicyclic) bond motifs is 3. The highest BCUT2D eigenvalue weighted by molar-refractivity contribution is 14.1. The van der Waals surface area contributed by atoms with Crippen LogP contribution in [-0.4, -0.2) is 25.9 Å². The van der Waals surface area contributed by atoms with E-state index in [2.05, 4.69) is 44.7 Å². The molecular formula is C35H21IN6O2. The first kappa shape index (κ1) is 27.2. The number of para-hydroxylation sites is 2. The molecule has 2 aromatic heterocycles. The number of nitrogens with zero attached hydrogens (tertiary/aromatic N) is 6. The fourth-order valence-corrected chi connectivity index (χ4v) is 6.10. The number of hydrogen-bond donors (Lipinski definition) is 0. The topological polar surface area (TPSA) is 102 Å². The lowest BCUT2D eigenvalue weighted by Gasteiger charge is -2.10. The highest BCUT2D eigenvalue weighted by Crippen LogP contribution is 2.39. The summed E-state index contributed by atoms with van der Waals surface area (Å²) in [6.45, 7) is 0.231. The Morgan fingerprint density at radius 3 is 1.84 bits per heavy atom. The minimum Gasteiger partial charge on any atom is -0.454 e. The summed E-state index contributed by atoms with van der Waals surface area (Å²) in [6.07, 6.45) is 3.58. The normalized spacial score (nSPS) is 11.5. The molecule has 0 N–H and O–H groups in total. The highest BCUT2D eigenvalue weighted by atomic mass is 127. The predicted octanol–water partition coefficient (Wildman–Crippen LogP) is 7.79. The molecule has 0 saturated heterocycles. The Labute approximate surface area is 266 Å². The van der Waals surface area contributed by atoms with Crippen LogP contribution in [0.2, 0.25) is 0 Å². The van der Waals surface area contributed by atoms with E-state index < -0.39 is 0 Å². The van der Waals surface area contributed by atoms with Gasteiger partial charge >= 0.3 is 0 Å².